The predicted octanol–water partition coefficient (Wildman–Crippen LogP) is 1.59. The topological polar surface area (TPSA) is 115 Å². The van der Waals surface area contributed by atoms with E-state index >= 15 is 0 Å². The monoisotopic (exact) mass is 448 g/mol. The third-order valence-electron chi connectivity index (χ3n) is 4.79. The molecule has 1 aliphatic heterocycles. The molecule has 1 fully saturated rings. The van der Waals surface area contributed by atoms with Crippen LogP contribution in [0.5, 0.6) is 0 Å². The Labute approximate surface area is 175 Å². The van der Waals surface area contributed by atoms with Crippen LogP contribution >= 0.6 is 0 Å². The molecule has 0 aromatic carbocycles. The highest BCUT2D eigenvalue weighted by Gasteiger charge is 2.40. The molecule has 0 bridgehead atoms. The maximum absolute atomic E-state index is 14.8. The van der Waals surface area contributed by atoms with Gasteiger partial charge in [0.15, 0.2) is 21.3 Å². The summed E-state index contributed by atoms with van der Waals surface area (Å²) in [5.74, 6) is -3.72. The minimum absolute atomic E-state index is 0.0201. The summed E-state index contributed by atoms with van der Waals surface area (Å²) in [6.07, 6.45) is 0.433. The van der Waals surface area contributed by atoms with E-state index in [2.05, 4.69) is 0 Å². The number of carbonyl (C=O) groups excluding carboxylic acids is 2. The summed E-state index contributed by atoms with van der Waals surface area (Å²) in [5, 5.41) is 9.66. The van der Waals surface area contributed by atoms with E-state index in [1.54, 1.807) is 27.7 Å². The molecule has 2 rings (SSSR count). The first kappa shape index (κ1) is 24.1. The van der Waals surface area contributed by atoms with Gasteiger partial charge in [-0.1, -0.05) is 0 Å². The molecule has 1 amide bonds. The van der Waals surface area contributed by atoms with E-state index in [1.165, 1.54) is 11.9 Å². The van der Waals surface area contributed by atoms with Gasteiger partial charge in [-0.2, -0.15) is 0 Å². The van der Waals surface area contributed by atoms with Crippen LogP contribution in [0.25, 0.3) is 0 Å². The first-order valence-electron chi connectivity index (χ1n) is 9.64. The van der Waals surface area contributed by atoms with E-state index in [1.807, 2.05) is 0 Å². The van der Waals surface area contributed by atoms with E-state index in [4.69, 9.17) is 9.47 Å². The van der Waals surface area contributed by atoms with Gasteiger partial charge in [-0.25, -0.2) is 22.4 Å². The van der Waals surface area contributed by atoms with Gasteiger partial charge in [0.1, 0.15) is 10.5 Å². The quantitative estimate of drug-likeness (QED) is 0.657. The molecule has 2 unspecified atom stereocenters. The molecule has 1 N–H and O–H groups in total. The number of aliphatic hydroxyl groups excluding tert-OH is 1. The minimum Gasteiger partial charge on any atom is -0.461 e. The van der Waals surface area contributed by atoms with Gasteiger partial charge in [-0.05, 0) is 33.6 Å². The Balaban J connectivity index is 2.23. The lowest BCUT2D eigenvalue weighted by atomic mass is 9.99. The van der Waals surface area contributed by atoms with Gasteiger partial charge >= 0.3 is 12.1 Å². The molecule has 1 aromatic heterocycles. The van der Waals surface area contributed by atoms with Crippen LogP contribution in [-0.4, -0.2) is 72.7 Å². The maximum Gasteiger partial charge on any atom is 0.410 e. The zero-order valence-corrected chi connectivity index (χ0v) is 18.7. The number of nitrogens with zero attached hydrogens (tertiary/aromatic N) is 2. The average molecular weight is 449 g/mol. The molecule has 11 heteroatoms. The van der Waals surface area contributed by atoms with Crippen molar-refractivity contribution in [1.29, 1.82) is 0 Å². The molecule has 30 heavy (non-hydrogen) atoms. The Morgan fingerprint density at radius 3 is 2.40 bits per heavy atom. The number of amides is 1. The number of esters is 1. The van der Waals surface area contributed by atoms with Crippen LogP contribution < -0.4 is 0 Å². The van der Waals surface area contributed by atoms with Crippen molar-refractivity contribution in [3.8, 4) is 0 Å². The van der Waals surface area contributed by atoms with Crippen LogP contribution in [0.2, 0.25) is 0 Å². The number of carbonyl (C=O) groups is 2. The third-order valence-corrected chi connectivity index (χ3v) is 6.61. The average Bonchev–Trinajstić information content (AvgIpc) is 3.14. The van der Waals surface area contributed by atoms with Gasteiger partial charge in [-0.15, -0.1) is 0 Å². The number of hydrogen-bond donors (Lipinski definition) is 1. The highest BCUT2D eigenvalue weighted by Crippen LogP contribution is 2.30. The lowest BCUT2D eigenvalue weighted by molar-refractivity contribution is 0.0281. The second kappa shape index (κ2) is 8.93. The maximum atomic E-state index is 14.8. The Bertz CT molecular complexity index is 905. The second-order valence-corrected chi connectivity index (χ2v) is 10.4. The fourth-order valence-corrected chi connectivity index (χ4v) is 5.21. The van der Waals surface area contributed by atoms with Gasteiger partial charge in [0, 0.05) is 38.9 Å². The molecule has 1 saturated heterocycles. The van der Waals surface area contributed by atoms with E-state index in [9.17, 15) is 27.5 Å². The summed E-state index contributed by atoms with van der Waals surface area (Å²) in [6, 6.07) is 0. The van der Waals surface area contributed by atoms with Gasteiger partial charge < -0.3 is 24.0 Å². The third kappa shape index (κ3) is 5.31. The molecule has 2 heterocycles. The number of aryl methyl sites for hydroxylation is 1. The zero-order valence-electron chi connectivity index (χ0n) is 17.8. The summed E-state index contributed by atoms with van der Waals surface area (Å²) in [4.78, 5) is 25.0. The molecule has 170 valence electrons. The smallest absolute Gasteiger partial charge is 0.410 e. The van der Waals surface area contributed by atoms with Gasteiger partial charge in [-0.3, -0.25) is 0 Å². The summed E-state index contributed by atoms with van der Waals surface area (Å²) >= 11 is 0. The highest BCUT2D eigenvalue weighted by atomic mass is 32.2. The summed E-state index contributed by atoms with van der Waals surface area (Å²) < 4.78 is 51.7. The standard InChI is InChI=1S/C19H29FN2O7S/c1-6-28-17(24)16-15(20)14(9-21(16)5)30(26,27)11-13-8-22(7-12(13)10-23)18(25)29-19(2,3)4/h9,12-13,23H,6-8,10-11H2,1-5H3. The van der Waals surface area contributed by atoms with Crippen molar-refractivity contribution in [3.05, 3.63) is 17.7 Å². The number of ether oxygens (including phenoxy) is 2. The van der Waals surface area contributed by atoms with Gasteiger partial charge in [0.05, 0.1) is 12.4 Å². The summed E-state index contributed by atoms with van der Waals surface area (Å²) in [5.41, 5.74) is -1.19. The molecule has 0 spiro atoms. The normalized spacial score (nSPS) is 19.8. The van der Waals surface area contributed by atoms with Crippen molar-refractivity contribution < 1.29 is 37.0 Å². The predicted molar refractivity (Wildman–Crippen MR) is 105 cm³/mol. The Hall–Kier alpha value is -2.14. The minimum atomic E-state index is -4.15. The molecule has 0 radical (unpaired) electrons. The van der Waals surface area contributed by atoms with Crippen molar-refractivity contribution in [1.82, 2.24) is 9.47 Å². The molecular formula is C19H29FN2O7S. The lowest BCUT2D eigenvalue weighted by Crippen LogP contribution is -2.36. The molecule has 1 aromatic rings. The zero-order chi connectivity index (χ0) is 22.9. The van der Waals surface area contributed by atoms with E-state index in [0.29, 0.717) is 0 Å². The number of aliphatic hydroxyl groups is 1. The van der Waals surface area contributed by atoms with Gasteiger partial charge in [0.2, 0.25) is 0 Å². The van der Waals surface area contributed by atoms with Gasteiger partial charge in [0.25, 0.3) is 0 Å². The first-order valence-corrected chi connectivity index (χ1v) is 11.3. The molecule has 0 aliphatic carbocycles. The molecule has 0 saturated carbocycles. The van der Waals surface area contributed by atoms with Crippen molar-refractivity contribution in [2.24, 2.45) is 18.9 Å². The SMILES string of the molecule is CCOC(=O)c1c(F)c(S(=O)(=O)CC2CN(C(=O)OC(C)(C)C)CC2CO)cn1C. The van der Waals surface area contributed by atoms with Crippen molar-refractivity contribution in [2.75, 3.05) is 32.1 Å². The molecule has 9 nitrogen and oxygen atoms in total. The van der Waals surface area contributed by atoms with Crippen LogP contribution in [0.3, 0.4) is 0 Å². The van der Waals surface area contributed by atoms with E-state index in [0.717, 1.165) is 10.8 Å². The highest BCUT2D eigenvalue weighted by molar-refractivity contribution is 7.91. The first-order chi connectivity index (χ1) is 13.8. The van der Waals surface area contributed by atoms with Crippen molar-refractivity contribution in [2.45, 2.75) is 38.2 Å². The second-order valence-electron chi connectivity index (χ2n) is 8.36. The number of sulfone groups is 1. The van der Waals surface area contributed by atoms with E-state index < -0.39 is 61.5 Å². The number of hydrogen-bond acceptors (Lipinski definition) is 7. The molecular weight excluding hydrogens is 419 g/mol. The van der Waals surface area contributed by atoms with Crippen molar-refractivity contribution >= 4 is 21.9 Å². The Morgan fingerprint density at radius 2 is 1.87 bits per heavy atom. The fourth-order valence-electron chi connectivity index (χ4n) is 3.40. The number of likely N-dealkylation sites (tertiary alicyclic amines) is 1. The summed E-state index contributed by atoms with van der Waals surface area (Å²) in [6.45, 7) is 6.58. The Morgan fingerprint density at radius 1 is 1.27 bits per heavy atom. The Kier molecular flexibility index (Phi) is 7.18. The van der Waals surface area contributed by atoms with Crippen molar-refractivity contribution in [3.63, 3.8) is 0 Å². The van der Waals surface area contributed by atoms with Crippen LogP contribution in [0.1, 0.15) is 38.2 Å². The summed E-state index contributed by atoms with van der Waals surface area (Å²) in [7, 11) is -2.79. The lowest BCUT2D eigenvalue weighted by Gasteiger charge is -2.24. The van der Waals surface area contributed by atoms with Crippen LogP contribution in [0, 0.1) is 17.7 Å². The molecule has 2 atom stereocenters. The fraction of sp³-hybridized carbons (Fsp3) is 0.684. The van der Waals surface area contributed by atoms with Crippen LogP contribution in [0.15, 0.2) is 11.1 Å². The largest absolute Gasteiger partial charge is 0.461 e. The number of rotatable bonds is 6. The number of halogens is 1. The van der Waals surface area contributed by atoms with Crippen LogP contribution in [-0.2, 0) is 26.4 Å². The molecule has 1 aliphatic rings. The number of aromatic nitrogens is 1. The van der Waals surface area contributed by atoms with Crippen LogP contribution in [0.4, 0.5) is 9.18 Å². The van der Waals surface area contributed by atoms with E-state index in [-0.39, 0.29) is 26.3 Å².